The van der Waals surface area contributed by atoms with Crippen LogP contribution in [0.25, 0.3) is 0 Å². The summed E-state index contributed by atoms with van der Waals surface area (Å²) in [6.45, 7) is 1.73. The smallest absolute Gasteiger partial charge is 0.0762 e. The van der Waals surface area contributed by atoms with Crippen molar-refractivity contribution in [2.24, 2.45) is 0 Å². The number of halogens is 1. The van der Waals surface area contributed by atoms with E-state index in [1.54, 1.807) is 30.0 Å². The Morgan fingerprint density at radius 1 is 1.38 bits per heavy atom. The molecule has 0 radical (unpaired) electrons. The number of thiophene rings is 1. The van der Waals surface area contributed by atoms with E-state index in [-0.39, 0.29) is 0 Å². The van der Waals surface area contributed by atoms with Crippen LogP contribution in [-0.4, -0.2) is 5.11 Å². The molecule has 0 unspecified atom stereocenters. The molecule has 0 fully saturated rings. The monoisotopic (exact) mass is 270 g/mol. The second-order valence-electron chi connectivity index (χ2n) is 3.40. The van der Waals surface area contributed by atoms with Crippen LogP contribution in [0.4, 0.5) is 0 Å². The molecule has 2 rings (SSSR count). The highest BCUT2D eigenvalue weighted by molar-refractivity contribution is 8.01. The molecule has 0 aliphatic heterocycles. The maximum Gasteiger partial charge on any atom is 0.0762 e. The molecule has 0 amide bonds. The topological polar surface area (TPSA) is 20.2 Å². The minimum atomic E-state index is -0.474. The molecule has 1 heterocycles. The highest BCUT2D eigenvalue weighted by Gasteiger charge is 2.07. The molecular formula is C12H11ClOS2. The Balaban J connectivity index is 2.23. The van der Waals surface area contributed by atoms with Gasteiger partial charge in [0.15, 0.2) is 0 Å². The second kappa shape index (κ2) is 5.23. The number of hydrogen-bond donors (Lipinski definition) is 1. The van der Waals surface area contributed by atoms with E-state index in [0.717, 1.165) is 10.5 Å². The highest BCUT2D eigenvalue weighted by atomic mass is 35.5. The van der Waals surface area contributed by atoms with E-state index >= 15 is 0 Å². The molecule has 0 aliphatic carbocycles. The summed E-state index contributed by atoms with van der Waals surface area (Å²) in [5, 5.41) is 12.2. The van der Waals surface area contributed by atoms with Gasteiger partial charge in [0.2, 0.25) is 0 Å². The van der Waals surface area contributed by atoms with Crippen LogP contribution in [0.1, 0.15) is 18.6 Å². The van der Waals surface area contributed by atoms with Gasteiger partial charge in [0.1, 0.15) is 0 Å². The SMILES string of the molecule is C[C@H](O)c1ccc(Sc2cccs2)c(Cl)c1. The fourth-order valence-corrected chi connectivity index (χ4v) is 3.33. The van der Waals surface area contributed by atoms with Gasteiger partial charge in [-0.3, -0.25) is 0 Å². The lowest BCUT2D eigenvalue weighted by molar-refractivity contribution is 0.199. The van der Waals surface area contributed by atoms with Crippen molar-refractivity contribution in [1.82, 2.24) is 0 Å². The van der Waals surface area contributed by atoms with Crippen LogP contribution in [0.3, 0.4) is 0 Å². The Labute approximate surface area is 108 Å². The fourth-order valence-electron chi connectivity index (χ4n) is 1.29. The molecule has 1 N–H and O–H groups in total. The lowest BCUT2D eigenvalue weighted by atomic mass is 10.1. The van der Waals surface area contributed by atoms with E-state index in [2.05, 4.69) is 6.07 Å². The first-order valence-corrected chi connectivity index (χ1v) is 6.93. The summed E-state index contributed by atoms with van der Waals surface area (Å²) in [7, 11) is 0. The summed E-state index contributed by atoms with van der Waals surface area (Å²) in [5.41, 5.74) is 0.848. The van der Waals surface area contributed by atoms with Crippen molar-refractivity contribution in [2.75, 3.05) is 0 Å². The molecule has 0 bridgehead atoms. The van der Waals surface area contributed by atoms with Gasteiger partial charge in [0, 0.05) is 4.90 Å². The van der Waals surface area contributed by atoms with E-state index in [1.807, 2.05) is 29.6 Å². The Morgan fingerprint density at radius 2 is 2.19 bits per heavy atom. The van der Waals surface area contributed by atoms with E-state index in [0.29, 0.717) is 5.02 Å². The van der Waals surface area contributed by atoms with Crippen molar-refractivity contribution in [1.29, 1.82) is 0 Å². The van der Waals surface area contributed by atoms with Gasteiger partial charge in [0.25, 0.3) is 0 Å². The van der Waals surface area contributed by atoms with Crippen LogP contribution in [0.5, 0.6) is 0 Å². The first-order chi connectivity index (χ1) is 7.66. The molecular weight excluding hydrogens is 260 g/mol. The van der Waals surface area contributed by atoms with E-state index in [1.165, 1.54) is 4.21 Å². The molecule has 4 heteroatoms. The molecule has 0 spiro atoms. The molecule has 0 saturated heterocycles. The van der Waals surface area contributed by atoms with Crippen LogP contribution < -0.4 is 0 Å². The molecule has 0 aliphatic rings. The highest BCUT2D eigenvalue weighted by Crippen LogP contribution is 2.36. The Morgan fingerprint density at radius 3 is 2.75 bits per heavy atom. The summed E-state index contributed by atoms with van der Waals surface area (Å²) in [6, 6.07) is 9.77. The van der Waals surface area contributed by atoms with E-state index < -0.39 is 6.10 Å². The zero-order valence-corrected chi connectivity index (χ0v) is 11.1. The van der Waals surface area contributed by atoms with Gasteiger partial charge >= 0.3 is 0 Å². The lowest BCUT2D eigenvalue weighted by Gasteiger charge is -2.07. The molecule has 1 aromatic carbocycles. The zero-order chi connectivity index (χ0) is 11.5. The zero-order valence-electron chi connectivity index (χ0n) is 8.68. The van der Waals surface area contributed by atoms with Crippen molar-refractivity contribution < 1.29 is 5.11 Å². The third kappa shape index (κ3) is 2.80. The first-order valence-electron chi connectivity index (χ1n) is 4.85. The maximum absolute atomic E-state index is 9.43. The van der Waals surface area contributed by atoms with Crippen LogP contribution >= 0.6 is 34.7 Å². The Hall–Kier alpha value is -0.480. The summed E-state index contributed by atoms with van der Waals surface area (Å²) in [6.07, 6.45) is -0.474. The van der Waals surface area contributed by atoms with Crippen molar-refractivity contribution in [3.8, 4) is 0 Å². The number of rotatable bonds is 3. The van der Waals surface area contributed by atoms with Gasteiger partial charge in [-0.15, -0.1) is 11.3 Å². The first kappa shape index (κ1) is 12.0. The number of benzene rings is 1. The van der Waals surface area contributed by atoms with Crippen LogP contribution in [-0.2, 0) is 0 Å². The molecule has 2 aromatic rings. The third-order valence-corrected chi connectivity index (χ3v) is 4.68. The van der Waals surface area contributed by atoms with Crippen LogP contribution in [0.15, 0.2) is 44.8 Å². The van der Waals surface area contributed by atoms with E-state index in [4.69, 9.17) is 11.6 Å². The van der Waals surface area contributed by atoms with Crippen LogP contribution in [0, 0.1) is 0 Å². The second-order valence-corrected chi connectivity index (χ2v) is 6.10. The summed E-state index contributed by atoms with van der Waals surface area (Å²) >= 11 is 9.50. The largest absolute Gasteiger partial charge is 0.389 e. The van der Waals surface area contributed by atoms with Gasteiger partial charge in [-0.05, 0) is 36.1 Å². The summed E-state index contributed by atoms with van der Waals surface area (Å²) in [4.78, 5) is 1.02. The van der Waals surface area contributed by atoms with Crippen molar-refractivity contribution in [3.05, 3.63) is 46.3 Å². The molecule has 84 valence electrons. The maximum atomic E-state index is 9.43. The third-order valence-electron chi connectivity index (χ3n) is 2.14. The van der Waals surface area contributed by atoms with Crippen LogP contribution in [0.2, 0.25) is 5.02 Å². The minimum Gasteiger partial charge on any atom is -0.389 e. The Kier molecular flexibility index (Phi) is 3.92. The number of aliphatic hydroxyl groups excluding tert-OH is 1. The van der Waals surface area contributed by atoms with Crippen molar-refractivity contribution in [2.45, 2.75) is 22.1 Å². The average molecular weight is 271 g/mol. The van der Waals surface area contributed by atoms with Gasteiger partial charge in [-0.1, -0.05) is 35.5 Å². The minimum absolute atomic E-state index is 0.474. The lowest BCUT2D eigenvalue weighted by Crippen LogP contribution is -1.90. The summed E-state index contributed by atoms with van der Waals surface area (Å²) in [5.74, 6) is 0. The molecule has 1 atom stereocenters. The molecule has 1 aromatic heterocycles. The summed E-state index contributed by atoms with van der Waals surface area (Å²) < 4.78 is 1.21. The molecule has 0 saturated carbocycles. The normalized spacial score (nSPS) is 12.7. The van der Waals surface area contributed by atoms with Crippen molar-refractivity contribution >= 4 is 34.7 Å². The number of hydrogen-bond acceptors (Lipinski definition) is 3. The number of aliphatic hydroxyl groups is 1. The van der Waals surface area contributed by atoms with Crippen molar-refractivity contribution in [3.63, 3.8) is 0 Å². The Bertz CT molecular complexity index is 466. The predicted molar refractivity (Wildman–Crippen MR) is 70.5 cm³/mol. The van der Waals surface area contributed by atoms with Gasteiger partial charge in [-0.2, -0.15) is 0 Å². The van der Waals surface area contributed by atoms with Gasteiger partial charge < -0.3 is 5.11 Å². The standard InChI is InChI=1S/C12H11ClOS2/c1-8(14)9-4-5-11(10(13)7-9)16-12-3-2-6-15-12/h2-8,14H,1H3/t8-/m0/s1. The quantitative estimate of drug-likeness (QED) is 0.879. The van der Waals surface area contributed by atoms with E-state index in [9.17, 15) is 5.11 Å². The fraction of sp³-hybridized carbons (Fsp3) is 0.167. The molecule has 1 nitrogen and oxygen atoms in total. The predicted octanol–water partition coefficient (Wildman–Crippen LogP) is 4.61. The van der Waals surface area contributed by atoms with Gasteiger partial charge in [-0.25, -0.2) is 0 Å². The average Bonchev–Trinajstić information content (AvgIpc) is 2.73. The molecule has 16 heavy (non-hydrogen) atoms. The van der Waals surface area contributed by atoms with Gasteiger partial charge in [0.05, 0.1) is 15.3 Å².